The number of likely N-dealkylation sites (tertiary alicyclic amines) is 1. The van der Waals surface area contributed by atoms with Gasteiger partial charge in [-0.15, -0.1) is 0 Å². The summed E-state index contributed by atoms with van der Waals surface area (Å²) in [5.41, 5.74) is -0.112. The smallest absolute Gasteiger partial charge is 0.312 e. The highest BCUT2D eigenvalue weighted by molar-refractivity contribution is 6.35. The van der Waals surface area contributed by atoms with Gasteiger partial charge < -0.3 is 15.0 Å². The number of amides is 1. The molecule has 2 bridgehead atoms. The van der Waals surface area contributed by atoms with Gasteiger partial charge >= 0.3 is 5.97 Å². The summed E-state index contributed by atoms with van der Waals surface area (Å²) in [6, 6.07) is 6.49. The zero-order chi connectivity index (χ0) is 22.9. The maximum atomic E-state index is 13.6. The molecule has 0 aromatic heterocycles. The minimum absolute atomic E-state index is 0.0177. The molecule has 3 aliphatic carbocycles. The molecule has 5 rings (SSSR count). The minimum atomic E-state index is -1.14. The summed E-state index contributed by atoms with van der Waals surface area (Å²) in [5.74, 6) is -0.467. The number of alkyl halides is 1. The van der Waals surface area contributed by atoms with E-state index in [1.54, 1.807) is 18.2 Å². The van der Waals surface area contributed by atoms with Gasteiger partial charge in [0.2, 0.25) is 5.91 Å². The van der Waals surface area contributed by atoms with Crippen LogP contribution < -0.4 is 5.32 Å². The summed E-state index contributed by atoms with van der Waals surface area (Å²) < 4.78 is 19.2. The number of hydrogen-bond acceptors (Lipinski definition) is 5. The van der Waals surface area contributed by atoms with E-state index in [0.29, 0.717) is 34.9 Å². The molecule has 1 aromatic carbocycles. The largest absolute Gasteiger partial charge is 0.460 e. The first-order chi connectivity index (χ1) is 15.3. The molecule has 9 heteroatoms. The van der Waals surface area contributed by atoms with Crippen molar-refractivity contribution in [2.45, 2.75) is 69.3 Å². The second-order valence-corrected chi connectivity index (χ2v) is 10.0. The van der Waals surface area contributed by atoms with Crippen LogP contribution in [0.5, 0.6) is 0 Å². The molecule has 2 atom stereocenters. The van der Waals surface area contributed by atoms with Crippen molar-refractivity contribution >= 4 is 35.1 Å². The molecule has 32 heavy (non-hydrogen) atoms. The molecule has 4 fully saturated rings. The zero-order valence-corrected chi connectivity index (χ0v) is 19.2. The topological polar surface area (TPSA) is 82.4 Å². The highest BCUT2D eigenvalue weighted by atomic mass is 35.5. The van der Waals surface area contributed by atoms with Crippen LogP contribution in [0.3, 0.4) is 0 Å². The van der Waals surface area contributed by atoms with Gasteiger partial charge in [-0.3, -0.25) is 9.59 Å². The maximum absolute atomic E-state index is 13.6. The summed E-state index contributed by atoms with van der Waals surface area (Å²) in [6.07, 6.45) is 3.26. The zero-order valence-electron chi connectivity index (χ0n) is 17.7. The number of nitriles is 1. The number of esters is 1. The first-order valence-corrected chi connectivity index (χ1v) is 11.7. The van der Waals surface area contributed by atoms with E-state index < -0.39 is 17.6 Å². The fourth-order valence-electron chi connectivity index (χ4n) is 5.27. The van der Waals surface area contributed by atoms with Gasteiger partial charge in [-0.25, -0.2) is 4.39 Å². The predicted molar refractivity (Wildman–Crippen MR) is 118 cm³/mol. The summed E-state index contributed by atoms with van der Waals surface area (Å²) in [6.45, 7) is 0.103. The SMILES string of the molecule is N#C[C@@H]1C[C@H](F)CN1C(=O)CNC12CCC(C(=O)OCc3c(Cl)cccc3Cl)(CC1)CC2. The van der Waals surface area contributed by atoms with Gasteiger partial charge in [0.15, 0.2) is 0 Å². The van der Waals surface area contributed by atoms with E-state index in [9.17, 15) is 14.0 Å². The Morgan fingerprint density at radius 3 is 2.41 bits per heavy atom. The maximum Gasteiger partial charge on any atom is 0.312 e. The van der Waals surface area contributed by atoms with Gasteiger partial charge in [-0.05, 0) is 50.7 Å². The molecule has 6 nitrogen and oxygen atoms in total. The highest BCUT2D eigenvalue weighted by Gasteiger charge is 2.53. The third-order valence-electron chi connectivity index (χ3n) is 7.42. The number of nitrogens with zero attached hydrogens (tertiary/aromatic N) is 2. The molecule has 1 aromatic rings. The van der Waals surface area contributed by atoms with Crippen LogP contribution >= 0.6 is 23.2 Å². The number of halogens is 3. The van der Waals surface area contributed by atoms with Crippen LogP contribution in [0.2, 0.25) is 10.0 Å². The minimum Gasteiger partial charge on any atom is -0.460 e. The Morgan fingerprint density at radius 2 is 1.81 bits per heavy atom. The fourth-order valence-corrected chi connectivity index (χ4v) is 5.77. The molecule has 1 saturated heterocycles. The van der Waals surface area contributed by atoms with E-state index >= 15 is 0 Å². The second kappa shape index (κ2) is 9.17. The quantitative estimate of drug-likeness (QED) is 0.616. The Kier molecular flexibility index (Phi) is 6.67. The standard InChI is InChI=1S/C23H26Cl2FN3O3/c24-18-2-1-3-19(25)17(18)14-32-21(31)22-4-7-23(8-5-22,9-6-22)28-12-20(30)29-13-15(26)10-16(29)11-27/h1-3,15-16,28H,4-10,12-14H2/t15-,16-,22?,23?/m0/s1. The van der Waals surface area contributed by atoms with E-state index in [-0.39, 0.29) is 43.5 Å². The van der Waals surface area contributed by atoms with E-state index in [4.69, 9.17) is 33.2 Å². The van der Waals surface area contributed by atoms with Crippen molar-refractivity contribution in [3.05, 3.63) is 33.8 Å². The van der Waals surface area contributed by atoms with Crippen molar-refractivity contribution in [3.8, 4) is 6.07 Å². The molecule has 1 amide bonds. The number of nitrogens with one attached hydrogen (secondary N) is 1. The summed E-state index contributed by atoms with van der Waals surface area (Å²) >= 11 is 12.3. The summed E-state index contributed by atoms with van der Waals surface area (Å²) in [4.78, 5) is 26.9. The average Bonchev–Trinajstić information content (AvgIpc) is 3.19. The Bertz CT molecular complexity index is 906. The number of hydrogen-bond donors (Lipinski definition) is 1. The number of rotatable bonds is 6. The first kappa shape index (κ1) is 23.3. The van der Waals surface area contributed by atoms with E-state index in [1.165, 1.54) is 4.90 Å². The van der Waals surface area contributed by atoms with Crippen molar-refractivity contribution in [2.75, 3.05) is 13.1 Å². The third kappa shape index (κ3) is 4.46. The summed E-state index contributed by atoms with van der Waals surface area (Å²) in [7, 11) is 0. The molecule has 3 saturated carbocycles. The van der Waals surface area contributed by atoms with E-state index in [2.05, 4.69) is 5.32 Å². The fraction of sp³-hybridized carbons (Fsp3) is 0.609. The van der Waals surface area contributed by atoms with Crippen LogP contribution in [0.15, 0.2) is 18.2 Å². The van der Waals surface area contributed by atoms with Crippen LogP contribution in [0.1, 0.15) is 50.5 Å². The van der Waals surface area contributed by atoms with Crippen molar-refractivity contribution in [1.82, 2.24) is 10.2 Å². The third-order valence-corrected chi connectivity index (χ3v) is 8.13. The van der Waals surface area contributed by atoms with Crippen LogP contribution in [0, 0.1) is 16.7 Å². The number of ether oxygens (including phenoxy) is 1. The van der Waals surface area contributed by atoms with Crippen molar-refractivity contribution in [2.24, 2.45) is 5.41 Å². The van der Waals surface area contributed by atoms with Gasteiger partial charge in [-0.2, -0.15) is 5.26 Å². The van der Waals surface area contributed by atoms with E-state index in [1.807, 2.05) is 6.07 Å². The number of fused-ring (bicyclic) bond motifs is 3. The predicted octanol–water partition coefficient (Wildman–Crippen LogP) is 4.18. The lowest BCUT2D eigenvalue weighted by Gasteiger charge is -2.52. The van der Waals surface area contributed by atoms with Crippen LogP contribution in [-0.4, -0.2) is 47.6 Å². The Morgan fingerprint density at radius 1 is 1.19 bits per heavy atom. The van der Waals surface area contributed by atoms with Crippen LogP contribution in [0.4, 0.5) is 4.39 Å². The van der Waals surface area contributed by atoms with Crippen LogP contribution in [-0.2, 0) is 20.9 Å². The van der Waals surface area contributed by atoms with Gasteiger partial charge in [-0.1, -0.05) is 29.3 Å². The monoisotopic (exact) mass is 481 g/mol. The lowest BCUT2D eigenvalue weighted by Crippen LogP contribution is -2.58. The lowest BCUT2D eigenvalue weighted by molar-refractivity contribution is -0.165. The molecule has 0 spiro atoms. The van der Waals surface area contributed by atoms with Gasteiger partial charge in [0.25, 0.3) is 0 Å². The Labute approximate surface area is 197 Å². The van der Waals surface area contributed by atoms with Gasteiger partial charge in [0.1, 0.15) is 18.8 Å². The van der Waals surface area contributed by atoms with Gasteiger partial charge in [0.05, 0.1) is 24.6 Å². The molecule has 1 heterocycles. The Hall–Kier alpha value is -1.88. The summed E-state index contributed by atoms with van der Waals surface area (Å²) in [5, 5.41) is 13.5. The van der Waals surface area contributed by atoms with Crippen molar-refractivity contribution < 1.29 is 18.7 Å². The molecule has 1 aliphatic heterocycles. The number of carbonyl (C=O) groups is 2. The molecular weight excluding hydrogens is 456 g/mol. The number of carbonyl (C=O) groups excluding carboxylic acids is 2. The first-order valence-electron chi connectivity index (χ1n) is 11.0. The average molecular weight is 482 g/mol. The molecule has 1 N–H and O–H groups in total. The van der Waals surface area contributed by atoms with Crippen molar-refractivity contribution in [3.63, 3.8) is 0 Å². The highest BCUT2D eigenvalue weighted by Crippen LogP contribution is 2.53. The normalized spacial score (nSPS) is 31.4. The number of benzene rings is 1. The second-order valence-electron chi connectivity index (χ2n) is 9.21. The van der Waals surface area contributed by atoms with E-state index in [0.717, 1.165) is 19.3 Å². The molecule has 0 radical (unpaired) electrons. The van der Waals surface area contributed by atoms with Crippen LogP contribution in [0.25, 0.3) is 0 Å². The molecule has 172 valence electrons. The van der Waals surface area contributed by atoms with Gasteiger partial charge in [0, 0.05) is 27.6 Å². The Balaban J connectivity index is 1.30. The molecular formula is C23H26Cl2FN3O3. The van der Waals surface area contributed by atoms with Crippen molar-refractivity contribution in [1.29, 1.82) is 5.26 Å². The lowest BCUT2D eigenvalue weighted by atomic mass is 9.57. The molecule has 0 unspecified atom stereocenters. The molecule has 4 aliphatic rings.